The van der Waals surface area contributed by atoms with E-state index in [0.29, 0.717) is 0 Å². The molecule has 2 nitrogen and oxygen atoms in total. The maximum atomic E-state index is 11.5. The van der Waals surface area contributed by atoms with Gasteiger partial charge in [0.2, 0.25) is 0 Å². The molecule has 1 atom stereocenters. The highest BCUT2D eigenvalue weighted by Crippen LogP contribution is 2.43. The number of aryl methyl sites for hydroxylation is 2. The lowest BCUT2D eigenvalue weighted by atomic mass is 10.0. The molecule has 1 unspecified atom stereocenters. The van der Waals surface area contributed by atoms with Crippen molar-refractivity contribution in [1.29, 1.82) is 0 Å². The molecule has 1 aromatic carbocycles. The van der Waals surface area contributed by atoms with Crippen LogP contribution in [0.25, 0.3) is 0 Å². The van der Waals surface area contributed by atoms with Gasteiger partial charge in [0.1, 0.15) is 11.0 Å². The molecule has 1 aromatic rings. The van der Waals surface area contributed by atoms with E-state index in [-0.39, 0.29) is 11.2 Å². The fraction of sp³-hybridized carbons (Fsp3) is 0.364. The Labute approximate surface area is 87.6 Å². The molecule has 0 saturated heterocycles. The van der Waals surface area contributed by atoms with E-state index in [2.05, 4.69) is 6.07 Å². The van der Waals surface area contributed by atoms with Crippen molar-refractivity contribution in [2.75, 3.05) is 6.26 Å². The van der Waals surface area contributed by atoms with Gasteiger partial charge < -0.3 is 4.74 Å². The molecule has 0 amide bonds. The van der Waals surface area contributed by atoms with Gasteiger partial charge in [0.25, 0.3) is 0 Å². The average molecular weight is 208 g/mol. The zero-order chi connectivity index (χ0) is 10.3. The first kappa shape index (κ1) is 9.59. The highest BCUT2D eigenvalue weighted by molar-refractivity contribution is 7.99. The number of fused-ring (bicyclic) bond motifs is 1. The number of hydrogen-bond acceptors (Lipinski definition) is 3. The van der Waals surface area contributed by atoms with E-state index in [1.165, 1.54) is 11.8 Å². The first-order chi connectivity index (χ1) is 6.63. The van der Waals surface area contributed by atoms with Crippen LogP contribution in [-0.2, 0) is 4.79 Å². The SMILES string of the molecule is CSC1C(=O)Oc2cc(C)cc(C)c21. The third kappa shape index (κ3) is 1.32. The second kappa shape index (κ2) is 3.31. The minimum Gasteiger partial charge on any atom is -0.425 e. The van der Waals surface area contributed by atoms with Crippen LogP contribution in [0.15, 0.2) is 12.1 Å². The average Bonchev–Trinajstić information content (AvgIpc) is 2.40. The normalized spacial score (nSPS) is 19.4. The van der Waals surface area contributed by atoms with Gasteiger partial charge in [-0.15, -0.1) is 11.8 Å². The van der Waals surface area contributed by atoms with Crippen LogP contribution < -0.4 is 4.74 Å². The van der Waals surface area contributed by atoms with Crippen LogP contribution in [0.3, 0.4) is 0 Å². The van der Waals surface area contributed by atoms with E-state index >= 15 is 0 Å². The third-order valence-corrected chi connectivity index (χ3v) is 3.32. The van der Waals surface area contributed by atoms with Crippen LogP contribution >= 0.6 is 11.8 Å². The molecule has 14 heavy (non-hydrogen) atoms. The highest BCUT2D eigenvalue weighted by atomic mass is 32.2. The molecule has 0 saturated carbocycles. The van der Waals surface area contributed by atoms with Crippen molar-refractivity contribution >= 4 is 17.7 Å². The summed E-state index contributed by atoms with van der Waals surface area (Å²) < 4.78 is 5.21. The molecule has 3 heteroatoms. The van der Waals surface area contributed by atoms with E-state index < -0.39 is 0 Å². The van der Waals surface area contributed by atoms with Crippen molar-refractivity contribution in [2.45, 2.75) is 19.1 Å². The quantitative estimate of drug-likeness (QED) is 0.524. The lowest BCUT2D eigenvalue weighted by Gasteiger charge is -2.06. The predicted molar refractivity (Wildman–Crippen MR) is 57.8 cm³/mol. The summed E-state index contributed by atoms with van der Waals surface area (Å²) in [5.74, 6) is 0.605. The lowest BCUT2D eigenvalue weighted by Crippen LogP contribution is -2.06. The van der Waals surface area contributed by atoms with Gasteiger partial charge in [-0.05, 0) is 37.3 Å². The van der Waals surface area contributed by atoms with E-state index in [4.69, 9.17) is 4.74 Å². The number of carbonyl (C=O) groups excluding carboxylic acids is 1. The Balaban J connectivity index is 2.58. The molecule has 1 aliphatic rings. The second-order valence-corrected chi connectivity index (χ2v) is 4.47. The van der Waals surface area contributed by atoms with Crippen molar-refractivity contribution in [3.8, 4) is 5.75 Å². The van der Waals surface area contributed by atoms with Crippen LogP contribution in [0.1, 0.15) is 21.9 Å². The number of ether oxygens (including phenoxy) is 1. The maximum absolute atomic E-state index is 11.5. The summed E-state index contributed by atoms with van der Waals surface area (Å²) in [6.07, 6.45) is 1.93. The number of hydrogen-bond donors (Lipinski definition) is 0. The molecular formula is C11H12O2S. The van der Waals surface area contributed by atoms with Crippen LogP contribution in [-0.4, -0.2) is 12.2 Å². The Kier molecular flexibility index (Phi) is 2.27. The fourth-order valence-electron chi connectivity index (χ4n) is 1.85. The molecule has 1 heterocycles. The van der Waals surface area contributed by atoms with Crippen LogP contribution in [0.4, 0.5) is 0 Å². The Hall–Kier alpha value is -0.960. The summed E-state index contributed by atoms with van der Waals surface area (Å²) in [6.45, 7) is 4.03. The molecule has 0 aliphatic carbocycles. The minimum atomic E-state index is -0.138. The van der Waals surface area contributed by atoms with E-state index in [9.17, 15) is 4.79 Å². The molecule has 0 spiro atoms. The Morgan fingerprint density at radius 3 is 2.71 bits per heavy atom. The predicted octanol–water partition coefficient (Wildman–Crippen LogP) is 2.63. The number of carbonyl (C=O) groups is 1. The van der Waals surface area contributed by atoms with Gasteiger partial charge >= 0.3 is 5.97 Å². The van der Waals surface area contributed by atoms with Crippen molar-refractivity contribution in [1.82, 2.24) is 0 Å². The topological polar surface area (TPSA) is 26.3 Å². The first-order valence-corrected chi connectivity index (χ1v) is 5.78. The molecular weight excluding hydrogens is 196 g/mol. The summed E-state index contributed by atoms with van der Waals surface area (Å²) >= 11 is 1.53. The number of rotatable bonds is 1. The Bertz CT molecular complexity index is 399. The van der Waals surface area contributed by atoms with Gasteiger partial charge in [0.15, 0.2) is 0 Å². The van der Waals surface area contributed by atoms with Crippen molar-refractivity contribution in [3.05, 3.63) is 28.8 Å². The number of benzene rings is 1. The van der Waals surface area contributed by atoms with Gasteiger partial charge in [-0.2, -0.15) is 0 Å². The number of thioether (sulfide) groups is 1. The van der Waals surface area contributed by atoms with Crippen molar-refractivity contribution < 1.29 is 9.53 Å². The molecule has 0 radical (unpaired) electrons. The minimum absolute atomic E-state index is 0.134. The summed E-state index contributed by atoms with van der Waals surface area (Å²) in [4.78, 5) is 11.5. The smallest absolute Gasteiger partial charge is 0.329 e. The highest BCUT2D eigenvalue weighted by Gasteiger charge is 2.33. The van der Waals surface area contributed by atoms with Crippen LogP contribution in [0, 0.1) is 13.8 Å². The second-order valence-electron chi connectivity index (χ2n) is 3.53. The summed E-state index contributed by atoms with van der Waals surface area (Å²) in [5, 5.41) is -0.134. The Morgan fingerprint density at radius 2 is 2.07 bits per heavy atom. The molecule has 0 N–H and O–H groups in total. The standard InChI is InChI=1S/C11H12O2S/c1-6-4-7(2)9-8(5-6)13-11(12)10(9)14-3/h4-5,10H,1-3H3. The van der Waals surface area contributed by atoms with Crippen molar-refractivity contribution in [3.63, 3.8) is 0 Å². The molecule has 2 rings (SSSR count). The van der Waals surface area contributed by atoms with Crippen molar-refractivity contribution in [2.24, 2.45) is 0 Å². The fourth-order valence-corrected chi connectivity index (χ4v) is 2.63. The summed E-state index contributed by atoms with van der Waals surface area (Å²) in [7, 11) is 0. The summed E-state index contributed by atoms with van der Waals surface area (Å²) in [5.41, 5.74) is 3.33. The lowest BCUT2D eigenvalue weighted by molar-refractivity contribution is -0.132. The Morgan fingerprint density at radius 1 is 1.36 bits per heavy atom. The first-order valence-electron chi connectivity index (χ1n) is 4.49. The molecule has 0 aromatic heterocycles. The molecule has 0 bridgehead atoms. The van der Waals surface area contributed by atoms with Gasteiger partial charge in [-0.25, -0.2) is 0 Å². The number of esters is 1. The largest absolute Gasteiger partial charge is 0.425 e. The monoisotopic (exact) mass is 208 g/mol. The zero-order valence-corrected chi connectivity index (χ0v) is 9.27. The van der Waals surface area contributed by atoms with E-state index in [1.54, 1.807) is 0 Å². The van der Waals surface area contributed by atoms with Gasteiger partial charge in [0, 0.05) is 5.56 Å². The van der Waals surface area contributed by atoms with Gasteiger partial charge in [-0.3, -0.25) is 4.79 Å². The van der Waals surface area contributed by atoms with Crippen LogP contribution in [0.2, 0.25) is 0 Å². The molecule has 1 aliphatic heterocycles. The van der Waals surface area contributed by atoms with Gasteiger partial charge in [-0.1, -0.05) is 6.07 Å². The summed E-state index contributed by atoms with van der Waals surface area (Å²) in [6, 6.07) is 4.01. The van der Waals surface area contributed by atoms with Gasteiger partial charge in [0.05, 0.1) is 0 Å². The third-order valence-electron chi connectivity index (χ3n) is 2.42. The maximum Gasteiger partial charge on any atom is 0.329 e. The zero-order valence-electron chi connectivity index (χ0n) is 8.46. The van der Waals surface area contributed by atoms with E-state index in [1.807, 2.05) is 26.2 Å². The van der Waals surface area contributed by atoms with Crippen LogP contribution in [0.5, 0.6) is 5.75 Å². The molecule has 74 valence electrons. The molecule has 0 fully saturated rings. The van der Waals surface area contributed by atoms with E-state index in [0.717, 1.165) is 22.4 Å².